The fourth-order valence-electron chi connectivity index (χ4n) is 4.21. The predicted molar refractivity (Wildman–Crippen MR) is 154 cm³/mol. The number of rotatable bonds is 7. The molecule has 1 aliphatic heterocycles. The largest absolute Gasteiger partial charge is 0.328 e. The molecular formula is C28H26ClN5OS2. The minimum Gasteiger partial charge on any atom is -0.328 e. The van der Waals surface area contributed by atoms with Crippen LogP contribution in [-0.2, 0) is 10.5 Å². The number of benzene rings is 3. The van der Waals surface area contributed by atoms with Gasteiger partial charge in [-0.25, -0.2) is 4.68 Å². The van der Waals surface area contributed by atoms with Crippen molar-refractivity contribution in [2.24, 2.45) is 0 Å². The van der Waals surface area contributed by atoms with Gasteiger partial charge in [0.1, 0.15) is 6.04 Å². The van der Waals surface area contributed by atoms with Crippen LogP contribution in [0.15, 0.2) is 94.1 Å². The number of hydrogen-bond donors (Lipinski definition) is 2. The number of anilines is 2. The summed E-state index contributed by atoms with van der Waals surface area (Å²) in [6, 6.07) is 23.4. The fourth-order valence-corrected chi connectivity index (χ4v) is 5.53. The SMILES string of the molecule is CSc1ccc(C2C(C(=O)Nc3ccccc3C)=C(C)Nc3nc(SCc4ccc(Cl)cc4)nn32)cc1. The van der Waals surface area contributed by atoms with Gasteiger partial charge in [0, 0.05) is 27.1 Å². The summed E-state index contributed by atoms with van der Waals surface area (Å²) in [5.74, 6) is 1.15. The highest BCUT2D eigenvalue weighted by Gasteiger charge is 2.34. The number of amides is 1. The quantitative estimate of drug-likeness (QED) is 0.239. The molecule has 1 atom stereocenters. The van der Waals surface area contributed by atoms with Crippen molar-refractivity contribution >= 4 is 52.7 Å². The van der Waals surface area contributed by atoms with Crippen LogP contribution in [0.2, 0.25) is 5.02 Å². The van der Waals surface area contributed by atoms with Crippen LogP contribution in [0, 0.1) is 6.92 Å². The Morgan fingerprint density at radius 1 is 1.05 bits per heavy atom. The first kappa shape index (κ1) is 25.4. The molecule has 3 aromatic carbocycles. The molecule has 1 aromatic heterocycles. The molecule has 0 aliphatic carbocycles. The highest BCUT2D eigenvalue weighted by Crippen LogP contribution is 2.37. The van der Waals surface area contributed by atoms with Gasteiger partial charge >= 0.3 is 0 Å². The Bertz CT molecular complexity index is 1460. The highest BCUT2D eigenvalue weighted by molar-refractivity contribution is 7.98. The molecule has 0 fully saturated rings. The van der Waals surface area contributed by atoms with Crippen LogP contribution in [0.25, 0.3) is 0 Å². The molecule has 1 amide bonds. The molecule has 188 valence electrons. The van der Waals surface area contributed by atoms with E-state index < -0.39 is 6.04 Å². The zero-order valence-corrected chi connectivity index (χ0v) is 23.0. The van der Waals surface area contributed by atoms with Crippen LogP contribution < -0.4 is 10.6 Å². The molecule has 5 rings (SSSR count). The second-order valence-electron chi connectivity index (χ2n) is 8.69. The van der Waals surface area contributed by atoms with Crippen LogP contribution in [0.1, 0.15) is 29.7 Å². The summed E-state index contributed by atoms with van der Waals surface area (Å²) in [7, 11) is 0. The molecule has 0 radical (unpaired) electrons. The van der Waals surface area contributed by atoms with Crippen LogP contribution in [0.4, 0.5) is 11.6 Å². The molecule has 0 saturated carbocycles. The van der Waals surface area contributed by atoms with E-state index in [0.717, 1.165) is 33.0 Å². The molecule has 0 spiro atoms. The van der Waals surface area contributed by atoms with Crippen molar-refractivity contribution in [3.05, 3.63) is 106 Å². The van der Waals surface area contributed by atoms with Gasteiger partial charge in [0.05, 0.1) is 5.57 Å². The van der Waals surface area contributed by atoms with Crippen molar-refractivity contribution in [1.29, 1.82) is 0 Å². The molecule has 1 unspecified atom stereocenters. The number of aryl methyl sites for hydroxylation is 1. The summed E-state index contributed by atoms with van der Waals surface area (Å²) in [5, 5.41) is 12.6. The summed E-state index contributed by atoms with van der Waals surface area (Å²) in [4.78, 5) is 19.6. The Labute approximate surface area is 229 Å². The van der Waals surface area contributed by atoms with Crippen LogP contribution in [0.3, 0.4) is 0 Å². The molecular weight excluding hydrogens is 522 g/mol. The zero-order chi connectivity index (χ0) is 25.9. The van der Waals surface area contributed by atoms with Crippen molar-refractivity contribution in [1.82, 2.24) is 14.8 Å². The van der Waals surface area contributed by atoms with E-state index in [2.05, 4.69) is 34.9 Å². The van der Waals surface area contributed by atoms with E-state index in [9.17, 15) is 4.79 Å². The maximum Gasteiger partial charge on any atom is 0.255 e. The fraction of sp³-hybridized carbons (Fsp3) is 0.179. The zero-order valence-electron chi connectivity index (χ0n) is 20.7. The third kappa shape index (κ3) is 5.56. The molecule has 2 N–H and O–H groups in total. The monoisotopic (exact) mass is 547 g/mol. The lowest BCUT2D eigenvalue weighted by atomic mass is 9.95. The van der Waals surface area contributed by atoms with Gasteiger partial charge in [0.2, 0.25) is 11.1 Å². The van der Waals surface area contributed by atoms with Crippen molar-refractivity contribution in [3.8, 4) is 0 Å². The number of fused-ring (bicyclic) bond motifs is 1. The third-order valence-electron chi connectivity index (χ3n) is 6.18. The number of nitrogens with zero attached hydrogens (tertiary/aromatic N) is 3. The average molecular weight is 548 g/mol. The molecule has 0 saturated heterocycles. The first-order chi connectivity index (χ1) is 17.9. The third-order valence-corrected chi connectivity index (χ3v) is 8.09. The standard InChI is InChI=1S/C28H26ClN5OS2/c1-17-6-4-5-7-23(17)31-26(35)24-18(2)30-27-32-28(37-16-19-8-12-21(29)13-9-19)33-34(27)25(24)20-10-14-22(36-3)15-11-20/h4-15,25H,16H2,1-3H3,(H,31,35)(H,30,32,33). The normalized spacial score (nSPS) is 14.8. The second-order valence-corrected chi connectivity index (χ2v) is 10.9. The number of allylic oxidation sites excluding steroid dienone is 1. The molecule has 37 heavy (non-hydrogen) atoms. The minimum absolute atomic E-state index is 0.172. The highest BCUT2D eigenvalue weighted by atomic mass is 35.5. The van der Waals surface area contributed by atoms with Crippen molar-refractivity contribution in [2.75, 3.05) is 16.9 Å². The summed E-state index contributed by atoms with van der Waals surface area (Å²) in [6.07, 6.45) is 2.05. The lowest BCUT2D eigenvalue weighted by Crippen LogP contribution is -2.31. The number of halogens is 1. The van der Waals surface area contributed by atoms with Gasteiger partial charge in [-0.3, -0.25) is 4.79 Å². The lowest BCUT2D eigenvalue weighted by molar-refractivity contribution is -0.113. The maximum absolute atomic E-state index is 13.7. The maximum atomic E-state index is 13.7. The molecule has 0 bridgehead atoms. The summed E-state index contributed by atoms with van der Waals surface area (Å²) < 4.78 is 1.82. The van der Waals surface area contributed by atoms with E-state index in [1.165, 1.54) is 0 Å². The number of carbonyl (C=O) groups excluding carboxylic acids is 1. The summed E-state index contributed by atoms with van der Waals surface area (Å²) >= 11 is 9.24. The first-order valence-corrected chi connectivity index (χ1v) is 14.3. The average Bonchev–Trinajstić information content (AvgIpc) is 3.31. The topological polar surface area (TPSA) is 71.8 Å². The van der Waals surface area contributed by atoms with E-state index in [1.54, 1.807) is 23.5 Å². The number of hydrogen-bond acceptors (Lipinski definition) is 6. The van der Waals surface area contributed by atoms with Crippen LogP contribution >= 0.6 is 35.1 Å². The van der Waals surface area contributed by atoms with Crippen molar-refractivity contribution in [2.45, 2.75) is 35.7 Å². The van der Waals surface area contributed by atoms with Crippen LogP contribution in [-0.4, -0.2) is 26.9 Å². The van der Waals surface area contributed by atoms with Gasteiger partial charge in [0.25, 0.3) is 5.91 Å². The van der Waals surface area contributed by atoms with Gasteiger partial charge < -0.3 is 10.6 Å². The van der Waals surface area contributed by atoms with Crippen molar-refractivity contribution in [3.63, 3.8) is 0 Å². The second kappa shape index (κ2) is 11.0. The number of carbonyl (C=O) groups is 1. The Kier molecular flexibility index (Phi) is 7.60. The van der Waals surface area contributed by atoms with Gasteiger partial charge in [-0.05, 0) is 67.1 Å². The number of nitrogens with one attached hydrogen (secondary N) is 2. The summed E-state index contributed by atoms with van der Waals surface area (Å²) in [5.41, 5.74) is 5.24. The molecule has 4 aromatic rings. The minimum atomic E-state index is -0.423. The number of aromatic nitrogens is 3. The molecule has 2 heterocycles. The van der Waals surface area contributed by atoms with E-state index in [1.807, 2.05) is 73.3 Å². The number of para-hydroxylation sites is 1. The van der Waals surface area contributed by atoms with E-state index in [-0.39, 0.29) is 5.91 Å². The Hall–Kier alpha value is -3.20. The Morgan fingerprint density at radius 3 is 2.49 bits per heavy atom. The van der Waals surface area contributed by atoms with E-state index >= 15 is 0 Å². The molecule has 1 aliphatic rings. The molecule has 9 heteroatoms. The van der Waals surface area contributed by atoms with Gasteiger partial charge in [-0.15, -0.1) is 16.9 Å². The summed E-state index contributed by atoms with van der Waals surface area (Å²) in [6.45, 7) is 3.89. The Morgan fingerprint density at radius 2 is 1.78 bits per heavy atom. The smallest absolute Gasteiger partial charge is 0.255 e. The Balaban J connectivity index is 1.49. The molecule has 6 nitrogen and oxygen atoms in total. The van der Waals surface area contributed by atoms with Crippen LogP contribution in [0.5, 0.6) is 0 Å². The first-order valence-electron chi connectivity index (χ1n) is 11.8. The lowest BCUT2D eigenvalue weighted by Gasteiger charge is -2.29. The van der Waals surface area contributed by atoms with Crippen molar-refractivity contribution < 1.29 is 4.79 Å². The predicted octanol–water partition coefficient (Wildman–Crippen LogP) is 7.18. The van der Waals surface area contributed by atoms with Gasteiger partial charge in [-0.1, -0.05) is 65.8 Å². The van der Waals surface area contributed by atoms with Gasteiger partial charge in [-0.2, -0.15) is 4.98 Å². The number of thioether (sulfide) groups is 2. The van der Waals surface area contributed by atoms with E-state index in [0.29, 0.717) is 27.5 Å². The van der Waals surface area contributed by atoms with E-state index in [4.69, 9.17) is 21.7 Å². The van der Waals surface area contributed by atoms with Gasteiger partial charge in [0.15, 0.2) is 0 Å².